The predicted octanol–water partition coefficient (Wildman–Crippen LogP) is 3.20. The molecular formula is C18H23ClN2O2. The normalized spacial score (nSPS) is 17.0. The largest absolute Gasteiger partial charge is 0.423 e. The van der Waals surface area contributed by atoms with E-state index >= 15 is 0 Å². The molecule has 1 aromatic carbocycles. The fourth-order valence-electron chi connectivity index (χ4n) is 3.38. The van der Waals surface area contributed by atoms with Crippen molar-refractivity contribution < 1.29 is 4.42 Å². The van der Waals surface area contributed by atoms with Gasteiger partial charge in [0.05, 0.1) is 0 Å². The van der Waals surface area contributed by atoms with E-state index < -0.39 is 0 Å². The number of nitrogens with zero attached hydrogens (tertiary/aromatic N) is 2. The molecule has 2 aromatic rings. The van der Waals surface area contributed by atoms with Gasteiger partial charge in [-0.25, -0.2) is 4.79 Å². The molecule has 4 nitrogen and oxygen atoms in total. The number of likely N-dealkylation sites (N-methyl/N-ethyl adjacent to an activating group) is 1. The van der Waals surface area contributed by atoms with Crippen molar-refractivity contribution in [3.63, 3.8) is 0 Å². The van der Waals surface area contributed by atoms with Crippen LogP contribution < -0.4 is 5.63 Å². The third-order valence-corrected chi connectivity index (χ3v) is 5.36. The van der Waals surface area contributed by atoms with Crippen molar-refractivity contribution in [2.45, 2.75) is 27.3 Å². The minimum absolute atomic E-state index is 0.291. The maximum atomic E-state index is 11.9. The fraction of sp³-hybridized carbons (Fsp3) is 0.500. The summed E-state index contributed by atoms with van der Waals surface area (Å²) in [6, 6.07) is 3.48. The first kappa shape index (κ1) is 16.5. The summed E-state index contributed by atoms with van der Waals surface area (Å²) in [4.78, 5) is 16.8. The predicted molar refractivity (Wildman–Crippen MR) is 94.4 cm³/mol. The Bertz CT molecular complexity index is 777. The number of hydrogen-bond donors (Lipinski definition) is 0. The van der Waals surface area contributed by atoms with Crippen molar-refractivity contribution in [2.24, 2.45) is 0 Å². The van der Waals surface area contributed by atoms with E-state index in [-0.39, 0.29) is 5.63 Å². The standard InChI is InChI=1S/C18H23ClN2O2/c1-4-20-5-7-21(8-6-20)11-14-10-16(22)23-15-9-12(2)18(19)13(3)17(14)15/h9-10H,4-8,11H2,1-3H3. The van der Waals surface area contributed by atoms with Crippen LogP contribution in [0.5, 0.6) is 0 Å². The van der Waals surface area contributed by atoms with E-state index in [9.17, 15) is 4.79 Å². The van der Waals surface area contributed by atoms with Gasteiger partial charge in [0.15, 0.2) is 0 Å². The highest BCUT2D eigenvalue weighted by atomic mass is 35.5. The fourth-order valence-corrected chi connectivity index (χ4v) is 3.53. The molecule has 3 rings (SSSR count). The number of hydrogen-bond acceptors (Lipinski definition) is 4. The van der Waals surface area contributed by atoms with Crippen LogP contribution in [0.4, 0.5) is 0 Å². The lowest BCUT2D eigenvalue weighted by molar-refractivity contribution is 0.132. The minimum atomic E-state index is -0.291. The van der Waals surface area contributed by atoms with Gasteiger partial charge in [0, 0.05) is 49.2 Å². The summed E-state index contributed by atoms with van der Waals surface area (Å²) in [5.74, 6) is 0. The van der Waals surface area contributed by atoms with Crippen LogP contribution in [0, 0.1) is 13.8 Å². The zero-order chi connectivity index (χ0) is 16.6. The van der Waals surface area contributed by atoms with E-state index in [4.69, 9.17) is 16.0 Å². The monoisotopic (exact) mass is 334 g/mol. The maximum Gasteiger partial charge on any atom is 0.336 e. The highest BCUT2D eigenvalue weighted by Crippen LogP contribution is 2.31. The van der Waals surface area contributed by atoms with Crippen molar-refractivity contribution in [1.82, 2.24) is 9.80 Å². The van der Waals surface area contributed by atoms with Crippen molar-refractivity contribution >= 4 is 22.6 Å². The summed E-state index contributed by atoms with van der Waals surface area (Å²) >= 11 is 6.41. The molecule has 1 aromatic heterocycles. The van der Waals surface area contributed by atoms with Gasteiger partial charge in [-0.2, -0.15) is 0 Å². The highest BCUT2D eigenvalue weighted by Gasteiger charge is 2.19. The summed E-state index contributed by atoms with van der Waals surface area (Å²) in [7, 11) is 0. The second kappa shape index (κ2) is 6.63. The molecule has 0 spiro atoms. The van der Waals surface area contributed by atoms with E-state index in [0.717, 1.165) is 66.4 Å². The van der Waals surface area contributed by atoms with Crippen molar-refractivity contribution in [3.05, 3.63) is 44.3 Å². The van der Waals surface area contributed by atoms with Gasteiger partial charge in [-0.3, -0.25) is 4.90 Å². The average molecular weight is 335 g/mol. The van der Waals surface area contributed by atoms with Gasteiger partial charge in [0.25, 0.3) is 0 Å². The molecule has 0 unspecified atom stereocenters. The van der Waals surface area contributed by atoms with Crippen LogP contribution in [-0.2, 0) is 6.54 Å². The minimum Gasteiger partial charge on any atom is -0.423 e. The lowest BCUT2D eigenvalue weighted by Crippen LogP contribution is -2.45. The van der Waals surface area contributed by atoms with E-state index in [0.29, 0.717) is 5.58 Å². The van der Waals surface area contributed by atoms with Crippen LogP contribution in [0.2, 0.25) is 5.02 Å². The van der Waals surface area contributed by atoms with Crippen molar-refractivity contribution in [3.8, 4) is 0 Å². The molecule has 0 radical (unpaired) electrons. The molecule has 1 saturated heterocycles. The van der Waals surface area contributed by atoms with Crippen LogP contribution in [0.3, 0.4) is 0 Å². The first-order valence-corrected chi connectivity index (χ1v) is 8.54. The van der Waals surface area contributed by atoms with Gasteiger partial charge >= 0.3 is 5.63 Å². The quantitative estimate of drug-likeness (QED) is 0.808. The lowest BCUT2D eigenvalue weighted by Gasteiger charge is -2.34. The molecule has 0 N–H and O–H groups in total. The SMILES string of the molecule is CCN1CCN(Cc2cc(=O)oc3cc(C)c(Cl)c(C)c23)CC1. The third-order valence-electron chi connectivity index (χ3n) is 4.77. The highest BCUT2D eigenvalue weighted by molar-refractivity contribution is 6.33. The van der Waals surface area contributed by atoms with Gasteiger partial charge in [-0.15, -0.1) is 0 Å². The number of rotatable bonds is 3. The number of fused-ring (bicyclic) bond motifs is 1. The second-order valence-corrected chi connectivity index (χ2v) is 6.68. The first-order valence-electron chi connectivity index (χ1n) is 8.16. The zero-order valence-electron chi connectivity index (χ0n) is 14.0. The molecule has 0 bridgehead atoms. The molecular weight excluding hydrogens is 312 g/mol. The van der Waals surface area contributed by atoms with Crippen LogP contribution in [-0.4, -0.2) is 42.5 Å². The Morgan fingerprint density at radius 3 is 2.43 bits per heavy atom. The zero-order valence-corrected chi connectivity index (χ0v) is 14.7. The Labute approximate surface area is 141 Å². The molecule has 0 saturated carbocycles. The summed E-state index contributed by atoms with van der Waals surface area (Å²) in [6.07, 6.45) is 0. The van der Waals surface area contributed by atoms with Crippen LogP contribution in [0.1, 0.15) is 23.6 Å². The third kappa shape index (κ3) is 3.30. The summed E-state index contributed by atoms with van der Waals surface area (Å²) in [5, 5.41) is 1.74. The topological polar surface area (TPSA) is 36.7 Å². The molecule has 1 aliphatic rings. The van der Waals surface area contributed by atoms with Crippen molar-refractivity contribution in [2.75, 3.05) is 32.7 Å². The molecule has 1 aliphatic heterocycles. The molecule has 0 amide bonds. The molecule has 2 heterocycles. The lowest BCUT2D eigenvalue weighted by atomic mass is 10.0. The van der Waals surface area contributed by atoms with Gasteiger partial charge in [-0.1, -0.05) is 18.5 Å². The number of halogens is 1. The molecule has 0 atom stereocenters. The van der Waals surface area contributed by atoms with Crippen molar-refractivity contribution in [1.29, 1.82) is 0 Å². The van der Waals surface area contributed by atoms with E-state index in [1.807, 2.05) is 19.9 Å². The smallest absolute Gasteiger partial charge is 0.336 e. The summed E-state index contributed by atoms with van der Waals surface area (Å²) in [6.45, 7) is 12.2. The van der Waals surface area contributed by atoms with Crippen LogP contribution in [0.15, 0.2) is 21.3 Å². The molecule has 23 heavy (non-hydrogen) atoms. The summed E-state index contributed by atoms with van der Waals surface area (Å²) in [5.41, 5.74) is 3.29. The van der Waals surface area contributed by atoms with Gasteiger partial charge in [0.2, 0.25) is 0 Å². The Kier molecular flexibility index (Phi) is 4.76. The Morgan fingerprint density at radius 1 is 1.13 bits per heavy atom. The molecule has 5 heteroatoms. The molecule has 1 fully saturated rings. The molecule has 0 aliphatic carbocycles. The summed E-state index contributed by atoms with van der Waals surface area (Å²) < 4.78 is 5.40. The maximum absolute atomic E-state index is 11.9. The number of aryl methyl sites for hydroxylation is 2. The number of piperazine rings is 1. The second-order valence-electron chi connectivity index (χ2n) is 6.31. The van der Waals surface area contributed by atoms with Crippen LogP contribution >= 0.6 is 11.6 Å². The van der Waals surface area contributed by atoms with Gasteiger partial charge in [0.1, 0.15) is 5.58 Å². The first-order chi connectivity index (χ1) is 11.0. The van der Waals surface area contributed by atoms with Crippen LogP contribution in [0.25, 0.3) is 11.0 Å². The van der Waals surface area contributed by atoms with Gasteiger partial charge in [-0.05, 0) is 43.1 Å². The Morgan fingerprint density at radius 2 is 1.78 bits per heavy atom. The number of benzene rings is 1. The average Bonchev–Trinajstić information content (AvgIpc) is 2.53. The van der Waals surface area contributed by atoms with E-state index in [1.54, 1.807) is 6.07 Å². The molecule has 124 valence electrons. The van der Waals surface area contributed by atoms with E-state index in [1.165, 1.54) is 0 Å². The van der Waals surface area contributed by atoms with E-state index in [2.05, 4.69) is 16.7 Å². The Balaban J connectivity index is 1.97. The Hall–Kier alpha value is -1.36. The van der Waals surface area contributed by atoms with Gasteiger partial charge < -0.3 is 9.32 Å².